The Balaban J connectivity index is 1.71. The van der Waals surface area contributed by atoms with Gasteiger partial charge in [0.05, 0.1) is 18.6 Å². The van der Waals surface area contributed by atoms with Crippen molar-refractivity contribution in [3.05, 3.63) is 35.9 Å². The normalized spacial score (nSPS) is 18.2. The molecule has 1 aromatic rings. The molecule has 2 rings (SSSR count). The van der Waals surface area contributed by atoms with Crippen LogP contribution in [0.25, 0.3) is 0 Å². The molecule has 1 fully saturated rings. The Hall–Kier alpha value is -1.39. The lowest BCUT2D eigenvalue weighted by molar-refractivity contribution is -0.151. The predicted octanol–water partition coefficient (Wildman–Crippen LogP) is 2.69. The Bertz CT molecular complexity index is 414. The number of ether oxygens (including phenoxy) is 2. The van der Waals surface area contributed by atoms with Gasteiger partial charge in [-0.25, -0.2) is 0 Å². The molecule has 0 amide bonds. The van der Waals surface area contributed by atoms with E-state index in [1.165, 1.54) is 0 Å². The highest BCUT2D eigenvalue weighted by atomic mass is 16.6. The summed E-state index contributed by atoms with van der Waals surface area (Å²) in [5, 5.41) is 8.75. The van der Waals surface area contributed by atoms with Gasteiger partial charge < -0.3 is 14.6 Å². The van der Waals surface area contributed by atoms with E-state index in [0.717, 1.165) is 37.7 Å². The highest BCUT2D eigenvalue weighted by Gasteiger charge is 2.38. The molecule has 1 aliphatic rings. The van der Waals surface area contributed by atoms with E-state index >= 15 is 0 Å². The standard InChI is InChI=1S/C17H24O4/c18-11-7-2-1-6-10-15(16-13-20-16)17(19)21-12-14-8-4-3-5-9-14/h3-5,8-9,15-16,18H,1-2,6-7,10-13H2. The topological polar surface area (TPSA) is 59.1 Å². The lowest BCUT2D eigenvalue weighted by Gasteiger charge is -2.14. The van der Waals surface area contributed by atoms with Gasteiger partial charge in [-0.1, -0.05) is 49.6 Å². The number of rotatable bonds is 10. The van der Waals surface area contributed by atoms with Crippen LogP contribution in [0.5, 0.6) is 0 Å². The van der Waals surface area contributed by atoms with Crippen molar-refractivity contribution in [3.8, 4) is 0 Å². The van der Waals surface area contributed by atoms with E-state index in [0.29, 0.717) is 13.2 Å². The van der Waals surface area contributed by atoms with Gasteiger partial charge in [0.15, 0.2) is 0 Å². The maximum atomic E-state index is 12.2. The van der Waals surface area contributed by atoms with Crippen LogP contribution in [0.1, 0.15) is 37.7 Å². The minimum absolute atomic E-state index is 0.0473. The first-order valence-corrected chi connectivity index (χ1v) is 7.74. The van der Waals surface area contributed by atoms with Crippen molar-refractivity contribution in [1.82, 2.24) is 0 Å². The lowest BCUT2D eigenvalue weighted by atomic mass is 9.98. The van der Waals surface area contributed by atoms with E-state index in [-0.39, 0.29) is 24.6 Å². The largest absolute Gasteiger partial charge is 0.461 e. The van der Waals surface area contributed by atoms with Gasteiger partial charge in [0.1, 0.15) is 6.61 Å². The van der Waals surface area contributed by atoms with Gasteiger partial charge in [0.2, 0.25) is 0 Å². The van der Waals surface area contributed by atoms with E-state index in [2.05, 4.69) is 0 Å². The summed E-state index contributed by atoms with van der Waals surface area (Å²) in [6.45, 7) is 1.24. The maximum Gasteiger partial charge on any atom is 0.312 e. The van der Waals surface area contributed by atoms with Crippen LogP contribution in [0.2, 0.25) is 0 Å². The first-order chi connectivity index (χ1) is 10.3. The molecule has 116 valence electrons. The molecule has 1 heterocycles. The molecule has 1 aromatic carbocycles. The molecule has 0 aromatic heterocycles. The van der Waals surface area contributed by atoms with Crippen LogP contribution in [-0.4, -0.2) is 30.4 Å². The molecule has 21 heavy (non-hydrogen) atoms. The average molecular weight is 292 g/mol. The van der Waals surface area contributed by atoms with Crippen molar-refractivity contribution >= 4 is 5.97 Å². The van der Waals surface area contributed by atoms with Crippen molar-refractivity contribution in [2.45, 2.75) is 44.8 Å². The third-order valence-electron chi connectivity index (χ3n) is 3.76. The molecule has 0 saturated carbocycles. The monoisotopic (exact) mass is 292 g/mol. The highest BCUT2D eigenvalue weighted by Crippen LogP contribution is 2.27. The van der Waals surface area contributed by atoms with Crippen molar-refractivity contribution < 1.29 is 19.4 Å². The zero-order chi connectivity index (χ0) is 14.9. The number of benzene rings is 1. The minimum atomic E-state index is -0.150. The second-order valence-electron chi connectivity index (χ2n) is 5.50. The second-order valence-corrected chi connectivity index (χ2v) is 5.50. The van der Waals surface area contributed by atoms with Crippen LogP contribution in [0, 0.1) is 5.92 Å². The molecule has 2 atom stereocenters. The Kier molecular flexibility index (Phi) is 6.70. The van der Waals surface area contributed by atoms with Gasteiger partial charge in [-0.2, -0.15) is 0 Å². The third-order valence-corrected chi connectivity index (χ3v) is 3.76. The summed E-state index contributed by atoms with van der Waals surface area (Å²) in [6.07, 6.45) is 4.72. The summed E-state index contributed by atoms with van der Waals surface area (Å²) in [6, 6.07) is 9.71. The number of aliphatic hydroxyl groups is 1. The van der Waals surface area contributed by atoms with E-state index in [9.17, 15) is 4.79 Å². The summed E-state index contributed by atoms with van der Waals surface area (Å²) in [5.74, 6) is -0.286. The van der Waals surface area contributed by atoms with E-state index in [1.54, 1.807) is 0 Å². The average Bonchev–Trinajstić information content (AvgIpc) is 3.34. The van der Waals surface area contributed by atoms with Gasteiger partial charge >= 0.3 is 5.97 Å². The minimum Gasteiger partial charge on any atom is -0.461 e. The predicted molar refractivity (Wildman–Crippen MR) is 79.6 cm³/mol. The summed E-state index contributed by atoms with van der Waals surface area (Å²) >= 11 is 0. The number of aliphatic hydroxyl groups excluding tert-OH is 1. The van der Waals surface area contributed by atoms with Crippen molar-refractivity contribution in [1.29, 1.82) is 0 Å². The Labute approximate surface area is 126 Å². The van der Waals surface area contributed by atoms with Crippen LogP contribution in [0.4, 0.5) is 0 Å². The maximum absolute atomic E-state index is 12.2. The molecule has 0 bridgehead atoms. The highest BCUT2D eigenvalue weighted by molar-refractivity contribution is 5.73. The van der Waals surface area contributed by atoms with Crippen molar-refractivity contribution in [2.24, 2.45) is 5.92 Å². The van der Waals surface area contributed by atoms with Crippen LogP contribution >= 0.6 is 0 Å². The quantitative estimate of drug-likeness (QED) is 0.409. The van der Waals surface area contributed by atoms with Gasteiger partial charge in [-0.3, -0.25) is 4.79 Å². The fourth-order valence-corrected chi connectivity index (χ4v) is 2.41. The summed E-state index contributed by atoms with van der Waals surface area (Å²) in [4.78, 5) is 12.2. The Morgan fingerprint density at radius 3 is 2.62 bits per heavy atom. The summed E-state index contributed by atoms with van der Waals surface area (Å²) in [7, 11) is 0. The molecular weight excluding hydrogens is 268 g/mol. The molecule has 0 spiro atoms. The van der Waals surface area contributed by atoms with E-state index in [1.807, 2.05) is 30.3 Å². The third kappa shape index (κ3) is 5.86. The van der Waals surface area contributed by atoms with Crippen LogP contribution in [0.15, 0.2) is 30.3 Å². The molecule has 1 aliphatic heterocycles. The summed E-state index contributed by atoms with van der Waals surface area (Å²) < 4.78 is 10.7. The summed E-state index contributed by atoms with van der Waals surface area (Å²) in [5.41, 5.74) is 1.00. The smallest absolute Gasteiger partial charge is 0.312 e. The number of carbonyl (C=O) groups is 1. The van der Waals surface area contributed by atoms with Gasteiger partial charge in [-0.05, 0) is 18.4 Å². The first kappa shape index (κ1) is 16.0. The first-order valence-electron chi connectivity index (χ1n) is 7.74. The van der Waals surface area contributed by atoms with Crippen molar-refractivity contribution in [2.75, 3.05) is 13.2 Å². The Morgan fingerprint density at radius 2 is 1.95 bits per heavy atom. The molecule has 1 saturated heterocycles. The molecule has 0 aliphatic carbocycles. The zero-order valence-corrected chi connectivity index (χ0v) is 12.4. The van der Waals surface area contributed by atoms with Crippen LogP contribution < -0.4 is 0 Å². The second kappa shape index (κ2) is 8.80. The van der Waals surface area contributed by atoms with Gasteiger partial charge in [-0.15, -0.1) is 0 Å². The zero-order valence-electron chi connectivity index (χ0n) is 12.4. The number of hydrogen-bond acceptors (Lipinski definition) is 4. The van der Waals surface area contributed by atoms with Crippen LogP contribution in [0.3, 0.4) is 0 Å². The molecular formula is C17H24O4. The molecule has 2 unspecified atom stereocenters. The van der Waals surface area contributed by atoms with Gasteiger partial charge in [0, 0.05) is 6.61 Å². The molecule has 0 radical (unpaired) electrons. The Morgan fingerprint density at radius 1 is 1.24 bits per heavy atom. The fourth-order valence-electron chi connectivity index (χ4n) is 2.41. The number of unbranched alkanes of at least 4 members (excludes halogenated alkanes) is 3. The van der Waals surface area contributed by atoms with Crippen molar-refractivity contribution in [3.63, 3.8) is 0 Å². The lowest BCUT2D eigenvalue weighted by Crippen LogP contribution is -2.23. The van der Waals surface area contributed by atoms with E-state index in [4.69, 9.17) is 14.6 Å². The van der Waals surface area contributed by atoms with Crippen LogP contribution in [-0.2, 0) is 20.9 Å². The SMILES string of the molecule is O=C(OCc1ccccc1)C(CCCCCCO)C1CO1. The number of epoxide rings is 1. The van der Waals surface area contributed by atoms with E-state index < -0.39 is 0 Å². The molecule has 4 heteroatoms. The number of esters is 1. The number of hydrogen-bond donors (Lipinski definition) is 1. The number of carbonyl (C=O) groups excluding carboxylic acids is 1. The molecule has 1 N–H and O–H groups in total. The van der Waals surface area contributed by atoms with Gasteiger partial charge in [0.25, 0.3) is 0 Å². The molecule has 4 nitrogen and oxygen atoms in total. The fraction of sp³-hybridized carbons (Fsp3) is 0.588.